The minimum absolute atomic E-state index is 0.776. The lowest BCUT2D eigenvalue weighted by atomic mass is 9.88. The zero-order valence-corrected chi connectivity index (χ0v) is 36.2. The molecule has 0 bridgehead atoms. The van der Waals surface area contributed by atoms with Crippen molar-refractivity contribution in [1.29, 1.82) is 0 Å². The van der Waals surface area contributed by atoms with E-state index in [1.807, 2.05) is 0 Å². The first-order chi connectivity index (χ1) is 31.9. The molecule has 5 saturated heterocycles. The number of carbonyl (C=O) groups is 3. The van der Waals surface area contributed by atoms with Crippen LogP contribution in [-0.4, -0.2) is 297 Å². The summed E-state index contributed by atoms with van der Waals surface area (Å²) in [5, 5.41) is 184. The molecule has 5 aliphatic rings. The summed E-state index contributed by atoms with van der Waals surface area (Å²) in [5.41, 5.74) is 0. The number of ether oxygens (including phenoxy) is 9. The summed E-state index contributed by atoms with van der Waals surface area (Å²) in [7, 11) is 0. The van der Waals surface area contributed by atoms with E-state index in [0.717, 1.165) is 13.8 Å². The number of aliphatic carboxylic acids is 1. The molecule has 0 aromatic heterocycles. The Morgan fingerprint density at radius 3 is 1.66 bits per heavy atom. The van der Waals surface area contributed by atoms with E-state index >= 15 is 0 Å². The van der Waals surface area contributed by atoms with Crippen LogP contribution in [-0.2, 0) is 57.0 Å². The Kier molecular flexibility index (Phi) is 19.7. The number of aliphatic hydroxyl groups is 16. The number of carboxylic acids is 1. The molecule has 5 aliphatic heterocycles. The summed E-state index contributed by atoms with van der Waals surface area (Å²) in [6, 6.07) is -3.37. The van der Waals surface area contributed by atoms with Crippen LogP contribution in [0.5, 0.6) is 0 Å². The zero-order chi connectivity index (χ0) is 50.7. The number of aliphatic hydroxyl groups excluding tert-OH is 16. The monoisotopic (exact) mass is 998 g/mol. The number of carboxylic acid groups (broad SMARTS) is 1. The van der Waals surface area contributed by atoms with Crippen molar-refractivity contribution in [2.45, 2.75) is 179 Å². The Morgan fingerprint density at radius 1 is 0.588 bits per heavy atom. The smallest absolute Gasteiger partial charge is 0.364 e. The number of carbonyl (C=O) groups excluding carboxylic acids is 2. The van der Waals surface area contributed by atoms with Gasteiger partial charge in [-0.3, -0.25) is 9.59 Å². The maximum absolute atomic E-state index is 12.7. The summed E-state index contributed by atoms with van der Waals surface area (Å²) >= 11 is 0. The van der Waals surface area contributed by atoms with Crippen molar-refractivity contribution in [3.8, 4) is 0 Å². The second kappa shape index (κ2) is 23.8. The van der Waals surface area contributed by atoms with Gasteiger partial charge in [0.1, 0.15) is 116 Å². The molecule has 5 fully saturated rings. The first kappa shape index (κ1) is 56.3. The third-order valence-corrected chi connectivity index (χ3v) is 12.1. The van der Waals surface area contributed by atoms with Crippen LogP contribution in [0.2, 0.25) is 0 Å². The molecule has 5 heterocycles. The van der Waals surface area contributed by atoms with Crippen molar-refractivity contribution >= 4 is 17.8 Å². The van der Waals surface area contributed by atoms with Crippen molar-refractivity contribution in [1.82, 2.24) is 10.6 Å². The topological polar surface area (TPSA) is 502 Å². The quantitative estimate of drug-likeness (QED) is 0.0606. The lowest BCUT2D eigenvalue weighted by molar-refractivity contribution is -0.381. The average molecular weight is 999 g/mol. The molecule has 26 atom stereocenters. The van der Waals surface area contributed by atoms with Gasteiger partial charge in [-0.2, -0.15) is 0 Å². The molecule has 68 heavy (non-hydrogen) atoms. The molecule has 19 N–H and O–H groups in total. The first-order valence-electron chi connectivity index (χ1n) is 21.2. The van der Waals surface area contributed by atoms with Crippen LogP contribution in [0, 0.1) is 0 Å². The van der Waals surface area contributed by atoms with Crippen LogP contribution < -0.4 is 10.6 Å². The van der Waals surface area contributed by atoms with Crippen LogP contribution >= 0.6 is 0 Å². The van der Waals surface area contributed by atoms with Gasteiger partial charge in [0.25, 0.3) is 5.79 Å². The Labute approximate surface area is 384 Å². The third-order valence-electron chi connectivity index (χ3n) is 12.1. The summed E-state index contributed by atoms with van der Waals surface area (Å²) in [4.78, 5) is 37.1. The molecule has 0 radical (unpaired) electrons. The van der Waals surface area contributed by atoms with Crippen molar-refractivity contribution in [3.63, 3.8) is 0 Å². The van der Waals surface area contributed by atoms with Crippen molar-refractivity contribution in [3.05, 3.63) is 0 Å². The summed E-state index contributed by atoms with van der Waals surface area (Å²) in [6.45, 7) is -3.11. The Bertz CT molecular complexity index is 1660. The van der Waals surface area contributed by atoms with E-state index in [1.54, 1.807) is 0 Å². The van der Waals surface area contributed by atoms with E-state index in [4.69, 9.17) is 42.6 Å². The van der Waals surface area contributed by atoms with Gasteiger partial charge in [0.15, 0.2) is 25.2 Å². The molecule has 31 heteroatoms. The Hall–Kier alpha value is -2.59. The second-order valence-corrected chi connectivity index (χ2v) is 16.9. The number of nitrogens with one attached hydrogen (secondary N) is 2. The molecule has 394 valence electrons. The molecule has 0 aromatic rings. The van der Waals surface area contributed by atoms with Crippen LogP contribution in [0.25, 0.3) is 0 Å². The highest BCUT2D eigenvalue weighted by Crippen LogP contribution is 2.37. The number of amides is 2. The lowest BCUT2D eigenvalue weighted by Crippen LogP contribution is -2.70. The van der Waals surface area contributed by atoms with Gasteiger partial charge in [-0.25, -0.2) is 4.79 Å². The Balaban J connectivity index is 1.35. The summed E-state index contributed by atoms with van der Waals surface area (Å²) in [5.74, 6) is -6.55. The van der Waals surface area contributed by atoms with Gasteiger partial charge in [-0.1, -0.05) is 0 Å². The highest BCUT2D eigenvalue weighted by atomic mass is 16.8. The first-order valence-corrected chi connectivity index (χ1v) is 21.2. The van der Waals surface area contributed by atoms with Crippen LogP contribution in [0.1, 0.15) is 20.3 Å². The zero-order valence-electron chi connectivity index (χ0n) is 36.2. The summed E-state index contributed by atoms with van der Waals surface area (Å²) in [6.07, 6.45) is -46.1. The van der Waals surface area contributed by atoms with Crippen molar-refractivity contribution in [2.75, 3.05) is 33.0 Å². The molecule has 0 spiro atoms. The van der Waals surface area contributed by atoms with Crippen LogP contribution in [0.3, 0.4) is 0 Å². The van der Waals surface area contributed by atoms with Gasteiger partial charge in [0.05, 0.1) is 45.2 Å². The summed E-state index contributed by atoms with van der Waals surface area (Å²) < 4.78 is 50.3. The van der Waals surface area contributed by atoms with Crippen molar-refractivity contribution < 1.29 is 144 Å². The van der Waals surface area contributed by atoms with E-state index in [9.17, 15) is 101 Å². The number of rotatable bonds is 18. The van der Waals surface area contributed by atoms with Gasteiger partial charge in [0.2, 0.25) is 11.8 Å². The van der Waals surface area contributed by atoms with E-state index in [1.165, 1.54) is 0 Å². The van der Waals surface area contributed by atoms with Gasteiger partial charge >= 0.3 is 5.97 Å². The molecule has 5 rings (SSSR count). The standard InChI is InChI=1S/C37H62N2O29/c1-9(44)38-17-11(46)3-37(36(58)59,68-30(17)19(48)12(47)4-40)60-8-16-20(49)23(52)26(55)34(64-16)65-28-15(7-43)63-33(18(22(28)51)39-10(2)45)67-31-21(50)13(5-41)62-35(27(31)56)66-29-14(6-42)61-32(57)25(54)24(29)53/h11-35,40-43,46-57H,3-8H2,1-2H3,(H,38,44)(H,39,45)(H,58,59). The predicted molar refractivity (Wildman–Crippen MR) is 207 cm³/mol. The second-order valence-electron chi connectivity index (χ2n) is 16.9. The van der Waals surface area contributed by atoms with E-state index in [2.05, 4.69) is 10.6 Å². The van der Waals surface area contributed by atoms with E-state index in [0.29, 0.717) is 0 Å². The molecular weight excluding hydrogens is 936 g/mol. The SMILES string of the molecule is CC(=O)NC1C(OC2C(O)C(CO)OC(OC3C(CO)OC(O)C(O)C3O)C2O)OC(CO)C(OC2OC(COC3(C(=O)O)CC(O)C(NC(C)=O)C(C(O)C(O)CO)O3)C(O)C(O)C2O)C1O. The maximum atomic E-state index is 12.7. The molecule has 26 unspecified atom stereocenters. The maximum Gasteiger partial charge on any atom is 0.364 e. The minimum Gasteiger partial charge on any atom is -0.477 e. The minimum atomic E-state index is -2.96. The predicted octanol–water partition coefficient (Wildman–Crippen LogP) is -12.4. The molecular formula is C37H62N2O29. The van der Waals surface area contributed by atoms with Crippen LogP contribution in [0.15, 0.2) is 0 Å². The fourth-order valence-electron chi connectivity index (χ4n) is 8.43. The molecule has 0 saturated carbocycles. The average Bonchev–Trinajstić information content (AvgIpc) is 3.29. The van der Waals surface area contributed by atoms with Gasteiger partial charge in [0, 0.05) is 20.3 Å². The lowest BCUT2D eigenvalue weighted by Gasteiger charge is -2.50. The number of hydrogen-bond donors (Lipinski definition) is 19. The number of hydrogen-bond acceptors (Lipinski definition) is 28. The highest BCUT2D eigenvalue weighted by molar-refractivity contribution is 5.76. The van der Waals surface area contributed by atoms with Gasteiger partial charge in [-0.15, -0.1) is 0 Å². The normalized spacial score (nSPS) is 46.6. The van der Waals surface area contributed by atoms with E-state index < -0.39 is 216 Å². The fourth-order valence-corrected chi connectivity index (χ4v) is 8.43. The Morgan fingerprint density at radius 2 is 1.10 bits per heavy atom. The largest absolute Gasteiger partial charge is 0.477 e. The molecule has 0 aliphatic carbocycles. The van der Waals surface area contributed by atoms with Crippen molar-refractivity contribution in [2.24, 2.45) is 0 Å². The van der Waals surface area contributed by atoms with Crippen LogP contribution in [0.4, 0.5) is 0 Å². The fraction of sp³-hybridized carbons (Fsp3) is 0.919. The molecule has 0 aromatic carbocycles. The van der Waals surface area contributed by atoms with Gasteiger partial charge < -0.3 is 140 Å². The highest BCUT2D eigenvalue weighted by Gasteiger charge is 2.59. The molecule has 31 nitrogen and oxygen atoms in total. The molecule has 2 amide bonds. The van der Waals surface area contributed by atoms with Gasteiger partial charge in [-0.05, 0) is 0 Å². The van der Waals surface area contributed by atoms with E-state index in [-0.39, 0.29) is 0 Å². The third kappa shape index (κ3) is 12.0.